The molecule has 144 valence electrons. The van der Waals surface area contributed by atoms with Crippen LogP contribution >= 0.6 is 0 Å². The minimum absolute atomic E-state index is 0.0693. The van der Waals surface area contributed by atoms with Crippen LogP contribution in [0.25, 0.3) is 0 Å². The van der Waals surface area contributed by atoms with E-state index in [2.05, 4.69) is 0 Å². The van der Waals surface area contributed by atoms with Crippen molar-refractivity contribution in [2.24, 2.45) is 0 Å². The summed E-state index contributed by atoms with van der Waals surface area (Å²) < 4.78 is 17.0. The Morgan fingerprint density at radius 2 is 1.36 bits per heavy atom. The number of Topliss-reactive ketones (excluding diaryl/α,β-unsaturated/α-hetero) is 1. The van der Waals surface area contributed by atoms with E-state index in [1.165, 1.54) is 14.0 Å². The van der Waals surface area contributed by atoms with Gasteiger partial charge >= 0.3 is 0 Å². The molecule has 3 aromatic carbocycles. The van der Waals surface area contributed by atoms with Gasteiger partial charge in [0.25, 0.3) is 0 Å². The fourth-order valence-electron chi connectivity index (χ4n) is 2.83. The molecule has 3 aromatic rings. The Labute approximate surface area is 164 Å². The summed E-state index contributed by atoms with van der Waals surface area (Å²) in [7, 11) is 1.42. The molecule has 0 fully saturated rings. The Hall–Kier alpha value is -3.47. The monoisotopic (exact) mass is 378 g/mol. The van der Waals surface area contributed by atoms with Crippen LogP contribution in [-0.4, -0.2) is 18.0 Å². The lowest BCUT2D eigenvalue weighted by Gasteiger charge is -2.18. The van der Waals surface area contributed by atoms with Gasteiger partial charge in [0.2, 0.25) is 5.75 Å². The predicted molar refractivity (Wildman–Crippen MR) is 106 cm³/mol. The molecular formula is C23H22O5. The fraction of sp³-hybridized carbons (Fsp3) is 0.174. The topological polar surface area (TPSA) is 65.0 Å². The van der Waals surface area contributed by atoms with Crippen molar-refractivity contribution in [3.8, 4) is 23.0 Å². The van der Waals surface area contributed by atoms with Gasteiger partial charge in [0, 0.05) is 6.07 Å². The minimum Gasteiger partial charge on any atom is -0.504 e. The Morgan fingerprint density at radius 1 is 0.857 bits per heavy atom. The van der Waals surface area contributed by atoms with Crippen molar-refractivity contribution in [2.45, 2.75) is 20.1 Å². The highest BCUT2D eigenvalue weighted by Crippen LogP contribution is 2.45. The quantitative estimate of drug-likeness (QED) is 0.573. The van der Waals surface area contributed by atoms with Gasteiger partial charge in [-0.05, 0) is 18.1 Å². The van der Waals surface area contributed by atoms with Gasteiger partial charge in [-0.2, -0.15) is 0 Å². The van der Waals surface area contributed by atoms with Crippen molar-refractivity contribution in [3.63, 3.8) is 0 Å². The average molecular weight is 378 g/mol. The summed E-state index contributed by atoms with van der Waals surface area (Å²) in [5.41, 5.74) is 1.98. The van der Waals surface area contributed by atoms with Crippen LogP contribution in [0.1, 0.15) is 28.4 Å². The summed E-state index contributed by atoms with van der Waals surface area (Å²) in [5, 5.41) is 10.6. The first-order valence-corrected chi connectivity index (χ1v) is 8.88. The molecular weight excluding hydrogens is 356 g/mol. The van der Waals surface area contributed by atoms with Gasteiger partial charge in [-0.3, -0.25) is 4.79 Å². The lowest BCUT2D eigenvalue weighted by Crippen LogP contribution is -2.05. The first-order chi connectivity index (χ1) is 13.6. The van der Waals surface area contributed by atoms with Gasteiger partial charge in [0.05, 0.1) is 7.11 Å². The Kier molecular flexibility index (Phi) is 6.17. The Bertz CT molecular complexity index is 936. The van der Waals surface area contributed by atoms with E-state index in [0.717, 1.165) is 11.1 Å². The molecule has 0 saturated heterocycles. The lowest BCUT2D eigenvalue weighted by atomic mass is 10.1. The number of aromatic hydroxyl groups is 1. The van der Waals surface area contributed by atoms with E-state index >= 15 is 0 Å². The van der Waals surface area contributed by atoms with Crippen LogP contribution in [0.2, 0.25) is 0 Å². The summed E-state index contributed by atoms with van der Waals surface area (Å²) in [5.74, 6) is 0.0416. The molecule has 0 bridgehead atoms. The molecule has 0 aromatic heterocycles. The first kappa shape index (κ1) is 19.3. The zero-order valence-electron chi connectivity index (χ0n) is 15.8. The molecule has 0 atom stereocenters. The number of methoxy groups -OCH3 is 1. The van der Waals surface area contributed by atoms with Gasteiger partial charge in [0.1, 0.15) is 24.5 Å². The fourth-order valence-corrected chi connectivity index (χ4v) is 2.83. The number of ketones is 1. The highest BCUT2D eigenvalue weighted by Gasteiger charge is 2.23. The molecule has 0 aliphatic carbocycles. The highest BCUT2D eigenvalue weighted by atomic mass is 16.5. The van der Waals surface area contributed by atoms with E-state index in [0.29, 0.717) is 5.75 Å². The van der Waals surface area contributed by atoms with Crippen molar-refractivity contribution >= 4 is 5.78 Å². The molecule has 0 unspecified atom stereocenters. The number of carbonyl (C=O) groups is 1. The first-order valence-electron chi connectivity index (χ1n) is 8.88. The Balaban J connectivity index is 1.92. The van der Waals surface area contributed by atoms with Gasteiger partial charge in [-0.1, -0.05) is 60.7 Å². The van der Waals surface area contributed by atoms with Crippen LogP contribution in [-0.2, 0) is 13.2 Å². The van der Waals surface area contributed by atoms with Crippen molar-refractivity contribution < 1.29 is 24.1 Å². The largest absolute Gasteiger partial charge is 0.504 e. The predicted octanol–water partition coefficient (Wildman–Crippen LogP) is 4.76. The van der Waals surface area contributed by atoms with Gasteiger partial charge in [-0.15, -0.1) is 0 Å². The normalized spacial score (nSPS) is 10.4. The molecule has 3 rings (SSSR count). The summed E-state index contributed by atoms with van der Waals surface area (Å²) in [4.78, 5) is 12.1. The number of phenolic OH excluding ortho intramolecular Hbond substituents is 1. The van der Waals surface area contributed by atoms with Crippen LogP contribution < -0.4 is 14.2 Å². The molecule has 5 heteroatoms. The third kappa shape index (κ3) is 4.43. The maximum atomic E-state index is 12.1. The molecule has 0 saturated carbocycles. The molecule has 0 amide bonds. The number of benzene rings is 3. The second kappa shape index (κ2) is 8.95. The van der Waals surface area contributed by atoms with Crippen LogP contribution in [0.15, 0.2) is 66.7 Å². The van der Waals surface area contributed by atoms with Gasteiger partial charge in [0.15, 0.2) is 17.3 Å². The van der Waals surface area contributed by atoms with Crippen LogP contribution in [0.5, 0.6) is 23.0 Å². The minimum atomic E-state index is -0.325. The second-order valence-corrected chi connectivity index (χ2v) is 6.23. The Morgan fingerprint density at radius 3 is 1.82 bits per heavy atom. The molecule has 5 nitrogen and oxygen atoms in total. The highest BCUT2D eigenvalue weighted by molar-refractivity contribution is 6.01. The number of hydrogen-bond acceptors (Lipinski definition) is 5. The van der Waals surface area contributed by atoms with Gasteiger partial charge < -0.3 is 19.3 Å². The SMILES string of the molecule is COc1c(OCc2ccccc2)cc(OCc2ccccc2)c(C(C)=O)c1O. The third-order valence-electron chi connectivity index (χ3n) is 4.21. The third-order valence-corrected chi connectivity index (χ3v) is 4.21. The molecule has 28 heavy (non-hydrogen) atoms. The second-order valence-electron chi connectivity index (χ2n) is 6.23. The van der Waals surface area contributed by atoms with E-state index in [1.54, 1.807) is 6.07 Å². The summed E-state index contributed by atoms with van der Waals surface area (Å²) in [6.07, 6.45) is 0. The van der Waals surface area contributed by atoms with Crippen LogP contribution in [0, 0.1) is 0 Å². The number of ether oxygens (including phenoxy) is 3. The van der Waals surface area contributed by atoms with Crippen LogP contribution in [0.4, 0.5) is 0 Å². The molecule has 0 spiro atoms. The standard InChI is InChI=1S/C23H22O5/c1-16(24)21-19(27-14-17-9-5-3-6-10-17)13-20(23(26-2)22(21)25)28-15-18-11-7-4-8-12-18/h3-13,25H,14-15H2,1-2H3. The molecule has 0 aliphatic rings. The summed E-state index contributed by atoms with van der Waals surface area (Å²) >= 11 is 0. The number of rotatable bonds is 8. The molecule has 0 heterocycles. The number of hydrogen-bond donors (Lipinski definition) is 1. The molecule has 1 N–H and O–H groups in total. The number of carbonyl (C=O) groups excluding carboxylic acids is 1. The van der Waals surface area contributed by atoms with Crippen molar-refractivity contribution in [3.05, 3.63) is 83.4 Å². The van der Waals surface area contributed by atoms with E-state index in [9.17, 15) is 9.90 Å². The van der Waals surface area contributed by atoms with Crippen molar-refractivity contribution in [1.29, 1.82) is 0 Å². The smallest absolute Gasteiger partial charge is 0.204 e. The number of phenols is 1. The van der Waals surface area contributed by atoms with E-state index < -0.39 is 0 Å². The van der Waals surface area contributed by atoms with Gasteiger partial charge in [-0.25, -0.2) is 0 Å². The van der Waals surface area contributed by atoms with Crippen LogP contribution in [0.3, 0.4) is 0 Å². The molecule has 0 radical (unpaired) electrons. The maximum Gasteiger partial charge on any atom is 0.204 e. The van der Waals surface area contributed by atoms with Crippen molar-refractivity contribution in [2.75, 3.05) is 7.11 Å². The average Bonchev–Trinajstić information content (AvgIpc) is 2.71. The zero-order valence-corrected chi connectivity index (χ0v) is 15.8. The van der Waals surface area contributed by atoms with E-state index in [4.69, 9.17) is 14.2 Å². The lowest BCUT2D eigenvalue weighted by molar-refractivity contribution is 0.100. The molecule has 0 aliphatic heterocycles. The van der Waals surface area contributed by atoms with E-state index in [-0.39, 0.29) is 41.8 Å². The summed E-state index contributed by atoms with van der Waals surface area (Å²) in [6, 6.07) is 20.8. The maximum absolute atomic E-state index is 12.1. The zero-order chi connectivity index (χ0) is 19.9. The van der Waals surface area contributed by atoms with Crippen molar-refractivity contribution in [1.82, 2.24) is 0 Å². The van der Waals surface area contributed by atoms with E-state index in [1.807, 2.05) is 60.7 Å². The summed E-state index contributed by atoms with van der Waals surface area (Å²) in [6.45, 7) is 1.91.